The lowest BCUT2D eigenvalue weighted by Gasteiger charge is -2.23. The van der Waals surface area contributed by atoms with Gasteiger partial charge in [-0.05, 0) is 19.1 Å². The third kappa shape index (κ3) is 1.55. The van der Waals surface area contributed by atoms with Crippen LogP contribution in [0.25, 0.3) is 0 Å². The average molecular weight is 176 g/mol. The van der Waals surface area contributed by atoms with E-state index in [-0.39, 0.29) is 6.04 Å². The van der Waals surface area contributed by atoms with Crippen LogP contribution in [0.1, 0.15) is 6.92 Å². The Morgan fingerprint density at radius 3 is 3.00 bits per heavy atom. The molecule has 0 bridgehead atoms. The average Bonchev–Trinajstić information content (AvgIpc) is 2.17. The Hall–Kier alpha value is -1.35. The van der Waals surface area contributed by atoms with E-state index < -0.39 is 6.10 Å². The Balaban J connectivity index is 2.29. The number of rotatable bonds is 1. The van der Waals surface area contributed by atoms with Crippen LogP contribution in [0, 0.1) is 0 Å². The first-order chi connectivity index (χ1) is 6.27. The predicted molar refractivity (Wildman–Crippen MR) is 53.7 cm³/mol. The fraction of sp³-hybridized carbons (Fsp3) is 0.300. The number of para-hydroxylation sites is 2. The Bertz CT molecular complexity index is 333. The highest BCUT2D eigenvalue weighted by molar-refractivity contribution is 5.83. The summed E-state index contributed by atoms with van der Waals surface area (Å²) in [5.74, 6) is 0. The normalized spacial score (nSPS) is 21.8. The van der Waals surface area contributed by atoms with Crippen LogP contribution in [0.15, 0.2) is 29.3 Å². The molecule has 68 valence electrons. The zero-order chi connectivity index (χ0) is 9.26. The number of fused-ring (bicyclic) bond motifs is 1. The Kier molecular flexibility index (Phi) is 2.02. The van der Waals surface area contributed by atoms with Crippen molar-refractivity contribution in [3.8, 4) is 0 Å². The van der Waals surface area contributed by atoms with Gasteiger partial charge in [-0.1, -0.05) is 12.1 Å². The van der Waals surface area contributed by atoms with Gasteiger partial charge in [-0.3, -0.25) is 4.99 Å². The third-order valence-corrected chi connectivity index (χ3v) is 2.12. The van der Waals surface area contributed by atoms with Crippen LogP contribution in [0.3, 0.4) is 0 Å². The number of nitrogens with one attached hydrogen (secondary N) is 1. The predicted octanol–water partition coefficient (Wildman–Crippen LogP) is 1.56. The van der Waals surface area contributed by atoms with Gasteiger partial charge in [0.05, 0.1) is 23.5 Å². The SMILES string of the molecule is CC(O)C1C=Nc2ccccc2N1. The second-order valence-electron chi connectivity index (χ2n) is 3.21. The molecule has 1 aliphatic rings. The summed E-state index contributed by atoms with van der Waals surface area (Å²) < 4.78 is 0. The molecule has 3 heteroatoms. The molecular formula is C10H12N2O. The summed E-state index contributed by atoms with van der Waals surface area (Å²) in [7, 11) is 0. The number of hydrogen-bond donors (Lipinski definition) is 2. The molecule has 0 fully saturated rings. The van der Waals surface area contributed by atoms with Crippen LogP contribution in [-0.4, -0.2) is 23.5 Å². The molecule has 1 aromatic rings. The molecule has 0 aromatic heterocycles. The molecule has 1 aliphatic heterocycles. The van der Waals surface area contributed by atoms with Crippen LogP contribution >= 0.6 is 0 Å². The molecule has 0 spiro atoms. The van der Waals surface area contributed by atoms with Crippen molar-refractivity contribution in [1.82, 2.24) is 0 Å². The number of benzene rings is 1. The maximum absolute atomic E-state index is 9.35. The second-order valence-corrected chi connectivity index (χ2v) is 3.21. The van der Waals surface area contributed by atoms with Gasteiger partial charge in [-0.2, -0.15) is 0 Å². The zero-order valence-electron chi connectivity index (χ0n) is 7.44. The van der Waals surface area contributed by atoms with E-state index in [9.17, 15) is 5.11 Å². The van der Waals surface area contributed by atoms with Gasteiger partial charge in [0.25, 0.3) is 0 Å². The summed E-state index contributed by atoms with van der Waals surface area (Å²) in [4.78, 5) is 4.25. The molecule has 1 heterocycles. The maximum atomic E-state index is 9.35. The summed E-state index contributed by atoms with van der Waals surface area (Å²) in [5, 5.41) is 12.5. The van der Waals surface area contributed by atoms with Crippen LogP contribution in [0.2, 0.25) is 0 Å². The molecule has 13 heavy (non-hydrogen) atoms. The smallest absolute Gasteiger partial charge is 0.0873 e. The van der Waals surface area contributed by atoms with Crippen molar-refractivity contribution in [2.24, 2.45) is 4.99 Å². The van der Waals surface area contributed by atoms with E-state index in [0.717, 1.165) is 11.4 Å². The van der Waals surface area contributed by atoms with Crippen molar-refractivity contribution in [2.45, 2.75) is 19.1 Å². The van der Waals surface area contributed by atoms with Gasteiger partial charge in [-0.25, -0.2) is 0 Å². The molecule has 2 atom stereocenters. The summed E-state index contributed by atoms with van der Waals surface area (Å²) in [6.07, 6.45) is 1.32. The topological polar surface area (TPSA) is 44.6 Å². The molecule has 1 aromatic carbocycles. The van der Waals surface area contributed by atoms with Crippen LogP contribution < -0.4 is 5.32 Å². The van der Waals surface area contributed by atoms with Crippen molar-refractivity contribution in [2.75, 3.05) is 5.32 Å². The summed E-state index contributed by atoms with van der Waals surface area (Å²) in [6.45, 7) is 1.75. The molecule has 0 radical (unpaired) electrons. The van der Waals surface area contributed by atoms with Crippen molar-refractivity contribution in [3.63, 3.8) is 0 Å². The van der Waals surface area contributed by atoms with Gasteiger partial charge in [-0.15, -0.1) is 0 Å². The lowest BCUT2D eigenvalue weighted by Crippen LogP contribution is -2.34. The molecule has 0 saturated carbocycles. The Morgan fingerprint density at radius 2 is 2.23 bits per heavy atom. The van der Waals surface area contributed by atoms with E-state index in [1.54, 1.807) is 13.1 Å². The van der Waals surface area contributed by atoms with E-state index in [2.05, 4.69) is 10.3 Å². The van der Waals surface area contributed by atoms with Crippen molar-refractivity contribution >= 4 is 17.6 Å². The van der Waals surface area contributed by atoms with Crippen LogP contribution in [0.5, 0.6) is 0 Å². The monoisotopic (exact) mass is 176 g/mol. The fourth-order valence-electron chi connectivity index (χ4n) is 1.33. The molecule has 0 amide bonds. The lowest BCUT2D eigenvalue weighted by molar-refractivity contribution is 0.193. The van der Waals surface area contributed by atoms with Crippen molar-refractivity contribution < 1.29 is 5.11 Å². The molecule has 3 nitrogen and oxygen atoms in total. The molecule has 0 aliphatic carbocycles. The van der Waals surface area contributed by atoms with E-state index in [4.69, 9.17) is 0 Å². The minimum absolute atomic E-state index is 0.0742. The number of aliphatic hydroxyl groups excluding tert-OH is 1. The van der Waals surface area contributed by atoms with Gasteiger partial charge >= 0.3 is 0 Å². The van der Waals surface area contributed by atoms with Gasteiger partial charge in [0.2, 0.25) is 0 Å². The van der Waals surface area contributed by atoms with Crippen molar-refractivity contribution in [1.29, 1.82) is 0 Å². The van der Waals surface area contributed by atoms with E-state index in [1.807, 2.05) is 24.3 Å². The van der Waals surface area contributed by atoms with E-state index in [0.29, 0.717) is 0 Å². The summed E-state index contributed by atoms with van der Waals surface area (Å²) >= 11 is 0. The quantitative estimate of drug-likeness (QED) is 0.682. The number of hydrogen-bond acceptors (Lipinski definition) is 3. The van der Waals surface area contributed by atoms with E-state index in [1.165, 1.54) is 0 Å². The Labute approximate surface area is 77.1 Å². The highest BCUT2D eigenvalue weighted by Crippen LogP contribution is 2.27. The summed E-state index contributed by atoms with van der Waals surface area (Å²) in [6, 6.07) is 7.72. The third-order valence-electron chi connectivity index (χ3n) is 2.12. The summed E-state index contributed by atoms with van der Waals surface area (Å²) in [5.41, 5.74) is 1.91. The molecular weight excluding hydrogens is 164 g/mol. The molecule has 2 unspecified atom stereocenters. The largest absolute Gasteiger partial charge is 0.391 e. The molecule has 2 N–H and O–H groups in total. The standard InChI is InChI=1S/C10H12N2O/c1-7(13)10-6-11-8-4-2-3-5-9(8)12-10/h2-7,10,12-13H,1H3. The highest BCUT2D eigenvalue weighted by Gasteiger charge is 2.16. The minimum atomic E-state index is -0.419. The van der Waals surface area contributed by atoms with Gasteiger partial charge in [0.15, 0.2) is 0 Å². The van der Waals surface area contributed by atoms with E-state index >= 15 is 0 Å². The maximum Gasteiger partial charge on any atom is 0.0873 e. The number of aliphatic hydroxyl groups is 1. The first kappa shape index (κ1) is 8.26. The number of nitrogens with zero attached hydrogens (tertiary/aromatic N) is 1. The van der Waals surface area contributed by atoms with Gasteiger partial charge in [0.1, 0.15) is 0 Å². The second kappa shape index (κ2) is 3.18. The number of aliphatic imine (C=N–C) groups is 1. The first-order valence-corrected chi connectivity index (χ1v) is 4.35. The highest BCUT2D eigenvalue weighted by atomic mass is 16.3. The lowest BCUT2D eigenvalue weighted by atomic mass is 10.1. The zero-order valence-corrected chi connectivity index (χ0v) is 7.44. The first-order valence-electron chi connectivity index (χ1n) is 4.35. The number of anilines is 1. The van der Waals surface area contributed by atoms with Crippen molar-refractivity contribution in [3.05, 3.63) is 24.3 Å². The molecule has 0 saturated heterocycles. The fourth-order valence-corrected chi connectivity index (χ4v) is 1.33. The van der Waals surface area contributed by atoms with Crippen LogP contribution in [-0.2, 0) is 0 Å². The molecule has 2 rings (SSSR count). The van der Waals surface area contributed by atoms with Gasteiger partial charge in [0, 0.05) is 6.21 Å². The van der Waals surface area contributed by atoms with Crippen LogP contribution in [0.4, 0.5) is 11.4 Å². The van der Waals surface area contributed by atoms with Gasteiger partial charge < -0.3 is 10.4 Å². The Morgan fingerprint density at radius 1 is 1.46 bits per heavy atom. The minimum Gasteiger partial charge on any atom is -0.391 e.